The topological polar surface area (TPSA) is 34.1 Å². The largest absolute Gasteiger partial charge is 0.416 e. The number of carbonyl (C=O) groups is 2. The summed E-state index contributed by atoms with van der Waals surface area (Å²) in [6.45, 7) is 3.36. The van der Waals surface area contributed by atoms with E-state index in [4.69, 9.17) is 0 Å². The predicted octanol–water partition coefficient (Wildman–Crippen LogP) is 3.43. The van der Waals surface area contributed by atoms with Gasteiger partial charge in [-0.1, -0.05) is 32.0 Å². The zero-order valence-electron chi connectivity index (χ0n) is 10.8. The van der Waals surface area contributed by atoms with E-state index in [-0.39, 0.29) is 35.9 Å². The lowest BCUT2D eigenvalue weighted by molar-refractivity contribution is -0.137. The standard InChI is InChI=1S/C14H15F3O2/c1-9(2)13(19)8-12(18)7-10-4-3-5-11(6-10)14(15,16)17/h3-6,9H,7-8H2,1-2H3. The van der Waals surface area contributed by atoms with Crippen LogP contribution in [0.1, 0.15) is 31.4 Å². The van der Waals surface area contributed by atoms with Crippen LogP contribution < -0.4 is 0 Å². The molecular weight excluding hydrogens is 257 g/mol. The average molecular weight is 272 g/mol. The summed E-state index contributed by atoms with van der Waals surface area (Å²) in [5.41, 5.74) is -0.510. The summed E-state index contributed by atoms with van der Waals surface area (Å²) in [6.07, 6.45) is -4.80. The van der Waals surface area contributed by atoms with Gasteiger partial charge in [0, 0.05) is 12.3 Å². The molecule has 0 spiro atoms. The molecule has 0 bridgehead atoms. The minimum Gasteiger partial charge on any atom is -0.299 e. The molecule has 1 aromatic carbocycles. The highest BCUT2D eigenvalue weighted by molar-refractivity contribution is 6.00. The van der Waals surface area contributed by atoms with E-state index in [9.17, 15) is 22.8 Å². The van der Waals surface area contributed by atoms with Gasteiger partial charge in [-0.05, 0) is 11.6 Å². The molecule has 1 aromatic rings. The Morgan fingerprint density at radius 2 is 1.84 bits per heavy atom. The normalized spacial score (nSPS) is 11.7. The van der Waals surface area contributed by atoms with Crippen molar-refractivity contribution in [2.75, 3.05) is 0 Å². The van der Waals surface area contributed by atoms with Crippen LogP contribution >= 0.6 is 0 Å². The van der Waals surface area contributed by atoms with Gasteiger partial charge in [-0.25, -0.2) is 0 Å². The van der Waals surface area contributed by atoms with Crippen LogP contribution in [0.15, 0.2) is 24.3 Å². The quantitative estimate of drug-likeness (QED) is 0.769. The summed E-state index contributed by atoms with van der Waals surface area (Å²) in [7, 11) is 0. The monoisotopic (exact) mass is 272 g/mol. The van der Waals surface area contributed by atoms with Crippen LogP contribution in [0.3, 0.4) is 0 Å². The number of alkyl halides is 3. The van der Waals surface area contributed by atoms with Crippen molar-refractivity contribution in [3.8, 4) is 0 Å². The minimum absolute atomic E-state index is 0.150. The lowest BCUT2D eigenvalue weighted by Crippen LogP contribution is -2.15. The summed E-state index contributed by atoms with van der Waals surface area (Å²) >= 11 is 0. The maximum atomic E-state index is 12.5. The van der Waals surface area contributed by atoms with Gasteiger partial charge >= 0.3 is 6.18 Å². The van der Waals surface area contributed by atoms with Gasteiger partial charge < -0.3 is 0 Å². The molecule has 0 saturated carbocycles. The van der Waals surface area contributed by atoms with Gasteiger partial charge in [-0.15, -0.1) is 0 Å². The molecule has 0 heterocycles. The van der Waals surface area contributed by atoms with Crippen LogP contribution in [0.4, 0.5) is 13.2 Å². The van der Waals surface area contributed by atoms with E-state index in [0.29, 0.717) is 0 Å². The first-order valence-electron chi connectivity index (χ1n) is 5.90. The second-order valence-electron chi connectivity index (χ2n) is 4.71. The number of hydrogen-bond donors (Lipinski definition) is 0. The fourth-order valence-corrected chi connectivity index (χ4v) is 1.55. The molecule has 19 heavy (non-hydrogen) atoms. The number of Topliss-reactive ketones (excluding diaryl/α,β-unsaturated/α-hetero) is 2. The summed E-state index contributed by atoms with van der Waals surface area (Å²) in [6, 6.07) is 4.60. The van der Waals surface area contributed by atoms with Crippen LogP contribution in [-0.2, 0) is 22.2 Å². The van der Waals surface area contributed by atoms with Crippen molar-refractivity contribution in [2.45, 2.75) is 32.9 Å². The molecule has 0 N–H and O–H groups in total. The highest BCUT2D eigenvalue weighted by Crippen LogP contribution is 2.29. The number of halogens is 3. The molecule has 2 nitrogen and oxygen atoms in total. The van der Waals surface area contributed by atoms with E-state index in [2.05, 4.69) is 0 Å². The van der Waals surface area contributed by atoms with Crippen molar-refractivity contribution >= 4 is 11.6 Å². The number of ketones is 2. The van der Waals surface area contributed by atoms with Crippen LogP contribution in [-0.4, -0.2) is 11.6 Å². The van der Waals surface area contributed by atoms with Gasteiger partial charge in [-0.2, -0.15) is 13.2 Å². The van der Waals surface area contributed by atoms with Gasteiger partial charge in [0.1, 0.15) is 11.6 Å². The second-order valence-corrected chi connectivity index (χ2v) is 4.71. The summed E-state index contributed by atoms with van der Waals surface area (Å²) in [5.74, 6) is -0.805. The van der Waals surface area contributed by atoms with E-state index in [1.807, 2.05) is 0 Å². The first kappa shape index (κ1) is 15.4. The van der Waals surface area contributed by atoms with Crippen LogP contribution in [0, 0.1) is 5.92 Å². The van der Waals surface area contributed by atoms with Crippen LogP contribution in [0.25, 0.3) is 0 Å². The molecule has 0 aliphatic carbocycles. The minimum atomic E-state index is -4.42. The fourth-order valence-electron chi connectivity index (χ4n) is 1.55. The first-order chi connectivity index (χ1) is 8.70. The Labute approximate surface area is 109 Å². The van der Waals surface area contributed by atoms with Crippen molar-refractivity contribution in [1.29, 1.82) is 0 Å². The maximum Gasteiger partial charge on any atom is 0.416 e. The number of rotatable bonds is 5. The fraction of sp³-hybridized carbons (Fsp3) is 0.429. The maximum absolute atomic E-state index is 12.5. The second kappa shape index (κ2) is 5.99. The van der Waals surface area contributed by atoms with E-state index >= 15 is 0 Å². The smallest absolute Gasteiger partial charge is 0.299 e. The highest BCUT2D eigenvalue weighted by Gasteiger charge is 2.30. The van der Waals surface area contributed by atoms with E-state index in [1.54, 1.807) is 13.8 Å². The van der Waals surface area contributed by atoms with E-state index < -0.39 is 11.7 Å². The molecule has 104 valence electrons. The van der Waals surface area contributed by atoms with Gasteiger partial charge in [0.25, 0.3) is 0 Å². The molecule has 1 rings (SSSR count). The first-order valence-corrected chi connectivity index (χ1v) is 5.90. The zero-order chi connectivity index (χ0) is 14.6. The van der Waals surface area contributed by atoms with E-state index in [0.717, 1.165) is 12.1 Å². The van der Waals surface area contributed by atoms with Gasteiger partial charge in [0.2, 0.25) is 0 Å². The molecule has 5 heteroatoms. The molecule has 0 aliphatic rings. The highest BCUT2D eigenvalue weighted by atomic mass is 19.4. The predicted molar refractivity (Wildman–Crippen MR) is 64.6 cm³/mol. The van der Waals surface area contributed by atoms with Gasteiger partial charge in [-0.3, -0.25) is 9.59 Å². The molecule has 0 radical (unpaired) electrons. The van der Waals surface area contributed by atoms with Crippen molar-refractivity contribution in [1.82, 2.24) is 0 Å². The lowest BCUT2D eigenvalue weighted by Gasteiger charge is -2.08. The molecule has 0 unspecified atom stereocenters. The Morgan fingerprint density at radius 1 is 1.21 bits per heavy atom. The van der Waals surface area contributed by atoms with Gasteiger partial charge in [0.15, 0.2) is 0 Å². The Kier molecular flexibility index (Phi) is 4.86. The lowest BCUT2D eigenvalue weighted by atomic mass is 9.99. The molecular formula is C14H15F3O2. The molecule has 0 saturated heterocycles. The molecule has 0 aliphatic heterocycles. The summed E-state index contributed by atoms with van der Waals surface area (Å²) in [4.78, 5) is 23.0. The Hall–Kier alpha value is -1.65. The Balaban J connectivity index is 2.73. The molecule has 0 aromatic heterocycles. The molecule has 0 amide bonds. The third kappa shape index (κ3) is 4.85. The SMILES string of the molecule is CC(C)C(=O)CC(=O)Cc1cccc(C(F)(F)F)c1. The van der Waals surface area contributed by atoms with Crippen molar-refractivity contribution in [2.24, 2.45) is 5.92 Å². The zero-order valence-corrected chi connectivity index (χ0v) is 10.8. The van der Waals surface area contributed by atoms with Gasteiger partial charge in [0.05, 0.1) is 12.0 Å². The third-order valence-electron chi connectivity index (χ3n) is 2.67. The average Bonchev–Trinajstić information content (AvgIpc) is 2.27. The number of benzene rings is 1. The summed E-state index contributed by atoms with van der Waals surface area (Å²) in [5, 5.41) is 0. The van der Waals surface area contributed by atoms with Crippen LogP contribution in [0.5, 0.6) is 0 Å². The molecule has 0 fully saturated rings. The van der Waals surface area contributed by atoms with Crippen molar-refractivity contribution in [3.05, 3.63) is 35.4 Å². The Bertz CT molecular complexity index is 476. The summed E-state index contributed by atoms with van der Waals surface area (Å²) < 4.78 is 37.4. The van der Waals surface area contributed by atoms with Crippen molar-refractivity contribution in [3.63, 3.8) is 0 Å². The van der Waals surface area contributed by atoms with Crippen LogP contribution in [0.2, 0.25) is 0 Å². The molecule has 0 atom stereocenters. The Morgan fingerprint density at radius 3 is 2.37 bits per heavy atom. The number of hydrogen-bond acceptors (Lipinski definition) is 2. The van der Waals surface area contributed by atoms with Crippen molar-refractivity contribution < 1.29 is 22.8 Å². The van der Waals surface area contributed by atoms with E-state index in [1.165, 1.54) is 12.1 Å². The third-order valence-corrected chi connectivity index (χ3v) is 2.67. The number of carbonyl (C=O) groups excluding carboxylic acids is 2.